The van der Waals surface area contributed by atoms with Crippen molar-refractivity contribution >= 4 is 11.6 Å². The molecule has 1 aromatic rings. The van der Waals surface area contributed by atoms with Crippen molar-refractivity contribution in [1.82, 2.24) is 0 Å². The summed E-state index contributed by atoms with van der Waals surface area (Å²) in [6.45, 7) is 0. The molecule has 3 nitrogen and oxygen atoms in total. The number of carbonyl (C=O) groups excluding carboxylic acids is 1. The molecule has 0 spiro atoms. The van der Waals surface area contributed by atoms with Crippen LogP contribution in [0.3, 0.4) is 0 Å². The SMILES string of the molecule is O=C1N=NC2=C1CCc1ccccc12. The molecule has 0 bridgehead atoms. The number of carbonyl (C=O) groups is 1. The maximum absolute atomic E-state index is 11.3. The van der Waals surface area contributed by atoms with Crippen LogP contribution in [0.1, 0.15) is 17.5 Å². The Morgan fingerprint density at radius 1 is 1.07 bits per heavy atom. The predicted octanol–water partition coefficient (Wildman–Crippen LogP) is 2.34. The highest BCUT2D eigenvalue weighted by Crippen LogP contribution is 2.35. The van der Waals surface area contributed by atoms with E-state index in [0.717, 1.165) is 29.7 Å². The van der Waals surface area contributed by atoms with Crippen LogP contribution >= 0.6 is 0 Å². The normalized spacial score (nSPS) is 18.4. The van der Waals surface area contributed by atoms with Crippen molar-refractivity contribution in [2.75, 3.05) is 0 Å². The van der Waals surface area contributed by atoms with Crippen LogP contribution in [-0.2, 0) is 11.2 Å². The first kappa shape index (κ1) is 7.62. The number of azo groups is 1. The predicted molar refractivity (Wildman–Crippen MR) is 51.5 cm³/mol. The highest BCUT2D eigenvalue weighted by molar-refractivity contribution is 6.05. The average molecular weight is 184 g/mol. The van der Waals surface area contributed by atoms with E-state index < -0.39 is 0 Å². The first-order valence-electron chi connectivity index (χ1n) is 4.64. The van der Waals surface area contributed by atoms with Crippen LogP contribution in [-0.4, -0.2) is 5.91 Å². The fourth-order valence-corrected chi connectivity index (χ4v) is 1.99. The van der Waals surface area contributed by atoms with Gasteiger partial charge in [0.05, 0.1) is 0 Å². The van der Waals surface area contributed by atoms with E-state index in [-0.39, 0.29) is 5.91 Å². The van der Waals surface area contributed by atoms with Crippen molar-refractivity contribution in [1.29, 1.82) is 0 Å². The summed E-state index contributed by atoms with van der Waals surface area (Å²) in [6.07, 6.45) is 1.70. The molecular formula is C11H8N2O. The molecule has 0 radical (unpaired) electrons. The zero-order valence-electron chi connectivity index (χ0n) is 7.53. The molecule has 0 N–H and O–H groups in total. The number of amides is 1. The first-order chi connectivity index (χ1) is 6.86. The molecule has 0 unspecified atom stereocenters. The first-order valence-corrected chi connectivity index (χ1v) is 4.64. The van der Waals surface area contributed by atoms with Gasteiger partial charge in [0.15, 0.2) is 0 Å². The van der Waals surface area contributed by atoms with Gasteiger partial charge in [0, 0.05) is 11.1 Å². The summed E-state index contributed by atoms with van der Waals surface area (Å²) in [6, 6.07) is 8.06. The van der Waals surface area contributed by atoms with E-state index in [1.165, 1.54) is 5.56 Å². The second-order valence-corrected chi connectivity index (χ2v) is 3.49. The van der Waals surface area contributed by atoms with Gasteiger partial charge in [0.1, 0.15) is 5.70 Å². The Hall–Kier alpha value is -1.77. The topological polar surface area (TPSA) is 41.8 Å². The molecule has 1 aliphatic heterocycles. The minimum Gasteiger partial charge on any atom is -0.265 e. The molecule has 0 saturated heterocycles. The molecule has 2 aliphatic rings. The molecule has 0 fully saturated rings. The van der Waals surface area contributed by atoms with Crippen molar-refractivity contribution in [2.24, 2.45) is 10.2 Å². The minimum atomic E-state index is -0.158. The summed E-state index contributed by atoms with van der Waals surface area (Å²) in [5.41, 5.74) is 3.91. The second kappa shape index (κ2) is 2.61. The fourth-order valence-electron chi connectivity index (χ4n) is 1.99. The summed E-state index contributed by atoms with van der Waals surface area (Å²) in [4.78, 5) is 11.3. The lowest BCUT2D eigenvalue weighted by Crippen LogP contribution is -2.05. The third-order valence-corrected chi connectivity index (χ3v) is 2.70. The number of aryl methyl sites for hydroxylation is 1. The van der Waals surface area contributed by atoms with Crippen LogP contribution in [0.2, 0.25) is 0 Å². The summed E-state index contributed by atoms with van der Waals surface area (Å²) in [5, 5.41) is 7.53. The smallest absolute Gasteiger partial charge is 0.265 e. The zero-order valence-corrected chi connectivity index (χ0v) is 7.53. The number of benzene rings is 1. The Labute approximate surface area is 81.2 Å². The largest absolute Gasteiger partial charge is 0.293 e. The van der Waals surface area contributed by atoms with Crippen molar-refractivity contribution in [3.8, 4) is 0 Å². The van der Waals surface area contributed by atoms with Gasteiger partial charge in [-0.1, -0.05) is 24.3 Å². The van der Waals surface area contributed by atoms with Gasteiger partial charge in [-0.05, 0) is 18.4 Å². The summed E-state index contributed by atoms with van der Waals surface area (Å²) in [7, 11) is 0. The highest BCUT2D eigenvalue weighted by Gasteiger charge is 2.27. The zero-order chi connectivity index (χ0) is 9.54. The monoisotopic (exact) mass is 184 g/mol. The standard InChI is InChI=1S/C11H8N2O/c14-11-9-6-5-7-3-1-2-4-8(7)10(9)12-13-11/h1-4H,5-6H2. The van der Waals surface area contributed by atoms with E-state index in [1.54, 1.807) is 0 Å². The Balaban J connectivity index is 2.25. The van der Waals surface area contributed by atoms with Crippen LogP contribution in [0.15, 0.2) is 40.1 Å². The van der Waals surface area contributed by atoms with Crippen molar-refractivity contribution in [3.63, 3.8) is 0 Å². The van der Waals surface area contributed by atoms with E-state index in [4.69, 9.17) is 0 Å². The number of nitrogens with zero attached hydrogens (tertiary/aromatic N) is 2. The maximum Gasteiger partial charge on any atom is 0.293 e. The molecule has 1 heterocycles. The van der Waals surface area contributed by atoms with Gasteiger partial charge in [-0.3, -0.25) is 4.79 Å². The van der Waals surface area contributed by atoms with Gasteiger partial charge in [0.25, 0.3) is 5.91 Å². The molecule has 0 aromatic heterocycles. The molecule has 3 heteroatoms. The molecular weight excluding hydrogens is 176 g/mol. The molecule has 14 heavy (non-hydrogen) atoms. The third-order valence-electron chi connectivity index (χ3n) is 2.70. The Kier molecular flexibility index (Phi) is 1.42. The molecule has 68 valence electrons. The lowest BCUT2D eigenvalue weighted by atomic mass is 9.90. The van der Waals surface area contributed by atoms with E-state index in [1.807, 2.05) is 18.2 Å². The summed E-state index contributed by atoms with van der Waals surface area (Å²) < 4.78 is 0. The molecule has 0 saturated carbocycles. The minimum absolute atomic E-state index is 0.158. The van der Waals surface area contributed by atoms with Crippen LogP contribution in [0, 0.1) is 0 Å². The van der Waals surface area contributed by atoms with Gasteiger partial charge < -0.3 is 0 Å². The van der Waals surface area contributed by atoms with E-state index >= 15 is 0 Å². The number of hydrogen-bond acceptors (Lipinski definition) is 2. The second-order valence-electron chi connectivity index (χ2n) is 3.49. The Morgan fingerprint density at radius 3 is 2.86 bits per heavy atom. The van der Waals surface area contributed by atoms with Gasteiger partial charge in [-0.15, -0.1) is 10.2 Å². The van der Waals surface area contributed by atoms with Crippen LogP contribution in [0.5, 0.6) is 0 Å². The fraction of sp³-hybridized carbons (Fsp3) is 0.182. The van der Waals surface area contributed by atoms with Gasteiger partial charge in [-0.2, -0.15) is 0 Å². The number of hydrogen-bond donors (Lipinski definition) is 0. The van der Waals surface area contributed by atoms with E-state index in [9.17, 15) is 4.79 Å². The Bertz CT molecular complexity index is 486. The summed E-state index contributed by atoms with van der Waals surface area (Å²) >= 11 is 0. The maximum atomic E-state index is 11.3. The van der Waals surface area contributed by atoms with Gasteiger partial charge in [-0.25, -0.2) is 0 Å². The lowest BCUT2D eigenvalue weighted by Gasteiger charge is -2.14. The average Bonchev–Trinajstić information content (AvgIpc) is 2.61. The quantitative estimate of drug-likeness (QED) is 0.610. The molecule has 1 aliphatic carbocycles. The van der Waals surface area contributed by atoms with E-state index in [0.29, 0.717) is 0 Å². The van der Waals surface area contributed by atoms with Crippen molar-refractivity contribution < 1.29 is 4.79 Å². The van der Waals surface area contributed by atoms with Crippen molar-refractivity contribution in [3.05, 3.63) is 41.0 Å². The Morgan fingerprint density at radius 2 is 1.93 bits per heavy atom. The molecule has 1 amide bonds. The third kappa shape index (κ3) is 0.894. The number of rotatable bonds is 0. The van der Waals surface area contributed by atoms with Crippen LogP contribution in [0.4, 0.5) is 0 Å². The molecule has 0 atom stereocenters. The van der Waals surface area contributed by atoms with Crippen molar-refractivity contribution in [2.45, 2.75) is 12.8 Å². The van der Waals surface area contributed by atoms with Gasteiger partial charge in [0.2, 0.25) is 0 Å². The summed E-state index contributed by atoms with van der Waals surface area (Å²) in [5.74, 6) is -0.158. The highest BCUT2D eigenvalue weighted by atomic mass is 16.2. The van der Waals surface area contributed by atoms with Gasteiger partial charge >= 0.3 is 0 Å². The van der Waals surface area contributed by atoms with E-state index in [2.05, 4.69) is 16.3 Å². The molecule has 3 rings (SSSR count). The number of fused-ring (bicyclic) bond motifs is 2. The molecule has 1 aromatic carbocycles. The van der Waals surface area contributed by atoms with Crippen LogP contribution < -0.4 is 0 Å². The lowest BCUT2D eigenvalue weighted by molar-refractivity contribution is -0.114. The van der Waals surface area contributed by atoms with Crippen LogP contribution in [0.25, 0.3) is 5.70 Å².